The van der Waals surface area contributed by atoms with E-state index in [0.717, 1.165) is 0 Å². The zero-order valence-corrected chi connectivity index (χ0v) is 11.0. The number of hydrogen-bond donors (Lipinski definition) is 0. The van der Waals surface area contributed by atoms with E-state index in [2.05, 4.69) is 0 Å². The van der Waals surface area contributed by atoms with Crippen molar-refractivity contribution < 1.29 is 9.53 Å². The lowest BCUT2D eigenvalue weighted by Gasteiger charge is -2.19. The molecule has 0 aromatic rings. The summed E-state index contributed by atoms with van der Waals surface area (Å²) >= 11 is 4.06. The number of rotatable bonds is 2. The highest BCUT2D eigenvalue weighted by Gasteiger charge is 2.16. The van der Waals surface area contributed by atoms with Gasteiger partial charge in [0.25, 0.3) is 0 Å². The highest BCUT2D eigenvalue weighted by molar-refractivity contribution is 14.2. The van der Waals surface area contributed by atoms with Crippen molar-refractivity contribution in [3.63, 3.8) is 0 Å². The molecule has 11 heavy (non-hydrogen) atoms. The van der Waals surface area contributed by atoms with Gasteiger partial charge in [0.1, 0.15) is 12.1 Å². The van der Waals surface area contributed by atoms with Crippen LogP contribution in [0.2, 0.25) is 0 Å². The Morgan fingerprint density at radius 1 is 1.45 bits per heavy atom. The third kappa shape index (κ3) is 8.80. The second-order valence-corrected chi connectivity index (χ2v) is 7.22. The summed E-state index contributed by atoms with van der Waals surface area (Å²) in [6.45, 7) is 5.89. The molecule has 66 valence electrons. The molecule has 0 amide bonds. The van der Waals surface area contributed by atoms with Crippen molar-refractivity contribution in [2.24, 2.45) is 0 Å². The van der Waals surface area contributed by atoms with E-state index >= 15 is 0 Å². The Bertz CT molecular complexity index is 142. The predicted molar refractivity (Wildman–Crippen MR) is 60.6 cm³/mol. The summed E-state index contributed by atoms with van der Waals surface area (Å²) in [5, 5.41) is 0. The van der Waals surface area contributed by atoms with Crippen molar-refractivity contribution in [1.82, 2.24) is 1.33 Å². The van der Waals surface area contributed by atoms with Gasteiger partial charge in [-0.3, -0.25) is 4.79 Å². The second kappa shape index (κ2) is 4.80. The first-order chi connectivity index (χ1) is 4.81. The van der Waals surface area contributed by atoms with Gasteiger partial charge in [0.2, 0.25) is 0 Å². The molecule has 0 aliphatic heterocycles. The summed E-state index contributed by atoms with van der Waals surface area (Å²) in [5.41, 5.74) is -0.375. The Balaban J connectivity index is 3.71. The molecular weight excluding hydrogens is 372 g/mol. The average Bonchev–Trinajstić information content (AvgIpc) is 1.53. The van der Waals surface area contributed by atoms with Gasteiger partial charge in [-0.15, -0.1) is 0 Å². The lowest BCUT2D eigenvalue weighted by Crippen LogP contribution is -2.27. The maximum absolute atomic E-state index is 11.0. The minimum Gasteiger partial charge on any atom is -0.459 e. The fourth-order valence-corrected chi connectivity index (χ4v) is 1.03. The maximum Gasteiger partial charge on any atom is 0.322 e. The Kier molecular flexibility index (Phi) is 5.19. The van der Waals surface area contributed by atoms with E-state index < -0.39 is 0 Å². The standard InChI is InChI=1S/C6H11I2NO2/c1-6(2,3)11-5(10)4-9(7)8/h4H2,1-3H3. The van der Waals surface area contributed by atoms with E-state index in [0.29, 0.717) is 6.54 Å². The molecule has 0 aliphatic carbocycles. The fourth-order valence-electron chi connectivity index (χ4n) is 0.471. The molecule has 5 heteroatoms. The third-order valence-corrected chi connectivity index (χ3v) is 1.35. The number of nitrogens with zero attached hydrogens (tertiary/aromatic N) is 1. The van der Waals surface area contributed by atoms with Gasteiger partial charge in [-0.05, 0) is 20.8 Å². The van der Waals surface area contributed by atoms with E-state index in [4.69, 9.17) is 4.74 Å². The van der Waals surface area contributed by atoms with Crippen LogP contribution in [0.1, 0.15) is 20.8 Å². The zero-order valence-electron chi connectivity index (χ0n) is 6.73. The second-order valence-electron chi connectivity index (χ2n) is 3.05. The van der Waals surface area contributed by atoms with Crippen LogP contribution in [0.5, 0.6) is 0 Å². The number of halogens is 2. The summed E-state index contributed by atoms with van der Waals surface area (Å²) < 4.78 is 6.78. The smallest absolute Gasteiger partial charge is 0.322 e. The van der Waals surface area contributed by atoms with Crippen molar-refractivity contribution in [2.75, 3.05) is 6.54 Å². The van der Waals surface area contributed by atoms with Crippen molar-refractivity contribution in [3.05, 3.63) is 0 Å². The minimum atomic E-state index is -0.375. The van der Waals surface area contributed by atoms with Crippen LogP contribution >= 0.6 is 45.7 Å². The van der Waals surface area contributed by atoms with Crippen LogP contribution in [0.15, 0.2) is 0 Å². The van der Waals surface area contributed by atoms with Gasteiger partial charge in [0, 0.05) is 45.7 Å². The van der Waals surface area contributed by atoms with Gasteiger partial charge in [-0.25, -0.2) is 0 Å². The first-order valence-electron chi connectivity index (χ1n) is 3.12. The van der Waals surface area contributed by atoms with Crippen LogP contribution in [-0.4, -0.2) is 19.4 Å². The molecule has 0 atom stereocenters. The molecule has 0 bridgehead atoms. The average molecular weight is 383 g/mol. The molecule has 0 aromatic heterocycles. The molecule has 0 aromatic carbocycles. The molecule has 3 nitrogen and oxygen atoms in total. The highest BCUT2D eigenvalue weighted by Crippen LogP contribution is 2.11. The Morgan fingerprint density at radius 2 is 1.91 bits per heavy atom. The van der Waals surface area contributed by atoms with Crippen molar-refractivity contribution in [1.29, 1.82) is 0 Å². The first-order valence-corrected chi connectivity index (χ1v) is 5.05. The Labute approximate surface area is 94.8 Å². The molecule has 0 saturated heterocycles. The van der Waals surface area contributed by atoms with Gasteiger partial charge < -0.3 is 4.74 Å². The minimum absolute atomic E-state index is 0.193. The molecule has 0 spiro atoms. The molecule has 0 radical (unpaired) electrons. The fraction of sp³-hybridized carbons (Fsp3) is 0.833. The van der Waals surface area contributed by atoms with Crippen molar-refractivity contribution in [3.8, 4) is 0 Å². The third-order valence-electron chi connectivity index (χ3n) is 0.669. The summed E-state index contributed by atoms with van der Waals surface area (Å²) in [5.74, 6) is -0.193. The lowest BCUT2D eigenvalue weighted by atomic mass is 10.2. The van der Waals surface area contributed by atoms with E-state index in [1.165, 1.54) is 0 Å². The largest absolute Gasteiger partial charge is 0.459 e. The summed E-state index contributed by atoms with van der Waals surface area (Å²) in [4.78, 5) is 11.0. The van der Waals surface area contributed by atoms with Crippen LogP contribution in [0.3, 0.4) is 0 Å². The van der Waals surface area contributed by atoms with Gasteiger partial charge in [0.05, 0.1) is 0 Å². The van der Waals surface area contributed by atoms with Gasteiger partial charge in [0.15, 0.2) is 0 Å². The summed E-state index contributed by atoms with van der Waals surface area (Å²) in [7, 11) is 0. The van der Waals surface area contributed by atoms with E-state index in [-0.39, 0.29) is 11.6 Å². The SMILES string of the molecule is CC(C)(C)OC(=O)CN(I)I. The molecule has 0 heterocycles. The summed E-state index contributed by atoms with van der Waals surface area (Å²) in [6.07, 6.45) is 0. The zero-order chi connectivity index (χ0) is 9.07. The normalized spacial score (nSPS) is 11.8. The van der Waals surface area contributed by atoms with Crippen molar-refractivity contribution in [2.45, 2.75) is 26.4 Å². The number of carbonyl (C=O) groups is 1. The Hall–Kier alpha value is 0.890. The molecule has 0 fully saturated rings. The molecule has 0 unspecified atom stereocenters. The maximum atomic E-state index is 11.0. The molecule has 0 N–H and O–H groups in total. The van der Waals surface area contributed by atoms with E-state index in [9.17, 15) is 4.79 Å². The molecule has 0 rings (SSSR count). The number of hydrogen-bond acceptors (Lipinski definition) is 3. The van der Waals surface area contributed by atoms with Crippen molar-refractivity contribution >= 4 is 51.7 Å². The van der Waals surface area contributed by atoms with Gasteiger partial charge in [-0.1, -0.05) is 0 Å². The van der Waals surface area contributed by atoms with Crippen LogP contribution in [-0.2, 0) is 9.53 Å². The molecule has 0 saturated carbocycles. The number of ether oxygens (including phenoxy) is 1. The van der Waals surface area contributed by atoms with E-state index in [1.54, 1.807) is 1.33 Å². The monoisotopic (exact) mass is 383 g/mol. The van der Waals surface area contributed by atoms with Crippen LogP contribution in [0.4, 0.5) is 0 Å². The number of carbonyl (C=O) groups excluding carboxylic acids is 1. The Morgan fingerprint density at radius 3 is 2.18 bits per heavy atom. The predicted octanol–water partition coefficient (Wildman–Crippen LogP) is 2.33. The van der Waals surface area contributed by atoms with E-state index in [1.807, 2.05) is 66.5 Å². The van der Waals surface area contributed by atoms with Crippen LogP contribution < -0.4 is 0 Å². The quantitative estimate of drug-likeness (QED) is 0.417. The summed E-state index contributed by atoms with van der Waals surface area (Å²) in [6, 6.07) is 0. The van der Waals surface area contributed by atoms with Gasteiger partial charge >= 0.3 is 5.97 Å². The van der Waals surface area contributed by atoms with Crippen LogP contribution in [0, 0.1) is 0 Å². The van der Waals surface area contributed by atoms with Crippen LogP contribution in [0.25, 0.3) is 0 Å². The number of esters is 1. The topological polar surface area (TPSA) is 29.5 Å². The lowest BCUT2D eigenvalue weighted by molar-refractivity contribution is -0.153. The van der Waals surface area contributed by atoms with Gasteiger partial charge in [-0.2, -0.15) is 1.33 Å². The molecular formula is C6H11I2NO2. The molecule has 0 aliphatic rings. The highest BCUT2D eigenvalue weighted by atomic mass is 127. The first kappa shape index (κ1) is 11.9.